The Morgan fingerprint density at radius 2 is 2.06 bits per heavy atom. The largest absolute Gasteiger partial charge is 0.396 e. The van der Waals surface area contributed by atoms with E-state index in [2.05, 4.69) is 20.8 Å². The molecule has 0 spiro atoms. The summed E-state index contributed by atoms with van der Waals surface area (Å²) < 4.78 is 15.0. The smallest absolute Gasteiger partial charge is 0.243 e. The number of aromatic nitrogens is 2. The summed E-state index contributed by atoms with van der Waals surface area (Å²) in [6, 6.07) is 0. The molecule has 1 aromatic rings. The molecular weight excluding hydrogens is 407 g/mol. The molecule has 10 nitrogen and oxygen atoms in total. The third-order valence-electron chi connectivity index (χ3n) is 6.09. The average Bonchev–Trinajstić information content (AvgIpc) is 3.45. The molecule has 1 saturated carbocycles. The number of halogens is 1. The summed E-state index contributed by atoms with van der Waals surface area (Å²) in [6.45, 7) is 2.60. The SMILES string of the molecule is Cc1nc(NNC(=O)[C@H](CC2CCCC2)CN(O)C=O)c(F)c(N2CC[C@H](CO)C2)n1. The summed E-state index contributed by atoms with van der Waals surface area (Å²) >= 11 is 0. The van der Waals surface area contributed by atoms with Gasteiger partial charge in [0.2, 0.25) is 18.1 Å². The molecule has 2 aliphatic rings. The van der Waals surface area contributed by atoms with Crippen LogP contribution in [-0.2, 0) is 9.59 Å². The van der Waals surface area contributed by atoms with Crippen molar-refractivity contribution in [2.45, 2.75) is 45.4 Å². The Morgan fingerprint density at radius 3 is 2.71 bits per heavy atom. The number of hydrogen-bond donors (Lipinski definition) is 4. The van der Waals surface area contributed by atoms with Crippen LogP contribution in [0.25, 0.3) is 0 Å². The van der Waals surface area contributed by atoms with E-state index in [-0.39, 0.29) is 37.1 Å². The lowest BCUT2D eigenvalue weighted by Crippen LogP contribution is -2.41. The number of aryl methyl sites for hydroxylation is 1. The van der Waals surface area contributed by atoms with Gasteiger partial charge < -0.3 is 10.0 Å². The van der Waals surface area contributed by atoms with Crippen LogP contribution in [0.2, 0.25) is 0 Å². The summed E-state index contributed by atoms with van der Waals surface area (Å²) in [4.78, 5) is 33.6. The van der Waals surface area contributed by atoms with Crippen molar-refractivity contribution in [3.8, 4) is 0 Å². The van der Waals surface area contributed by atoms with Crippen LogP contribution in [0.15, 0.2) is 0 Å². The fraction of sp³-hybridized carbons (Fsp3) is 0.700. The Balaban J connectivity index is 1.67. The van der Waals surface area contributed by atoms with Gasteiger partial charge in [-0.1, -0.05) is 25.7 Å². The quantitative estimate of drug-likeness (QED) is 0.244. The standard InChI is InChI=1S/C20H31FN6O4/c1-13-22-18(17(21)19(23-13)26-7-6-15(9-26)11-28)24-25-20(30)16(10-27(31)12-29)8-14-4-2-3-5-14/h12,14-16,28,31H,2-11H2,1H3,(H,25,30)(H,22,23,24)/t15-,16+/m0/s1. The fourth-order valence-electron chi connectivity index (χ4n) is 4.42. The van der Waals surface area contributed by atoms with Crippen molar-refractivity contribution in [2.75, 3.05) is 36.6 Å². The lowest BCUT2D eigenvalue weighted by Gasteiger charge is -2.23. The number of aliphatic hydroxyl groups is 1. The maximum absolute atomic E-state index is 15.0. The highest BCUT2D eigenvalue weighted by molar-refractivity contribution is 5.80. The molecule has 31 heavy (non-hydrogen) atoms. The highest BCUT2D eigenvalue weighted by Gasteiger charge is 2.29. The summed E-state index contributed by atoms with van der Waals surface area (Å²) in [6.07, 6.45) is 5.78. The van der Waals surface area contributed by atoms with Gasteiger partial charge in [-0.15, -0.1) is 0 Å². The molecule has 1 aromatic heterocycles. The van der Waals surface area contributed by atoms with Crippen molar-refractivity contribution in [3.05, 3.63) is 11.6 Å². The van der Waals surface area contributed by atoms with Crippen LogP contribution in [0.4, 0.5) is 16.0 Å². The third kappa shape index (κ3) is 6.01. The summed E-state index contributed by atoms with van der Waals surface area (Å²) in [5.74, 6) is -1.04. The lowest BCUT2D eigenvalue weighted by molar-refractivity contribution is -0.154. The van der Waals surface area contributed by atoms with E-state index in [1.165, 1.54) is 0 Å². The zero-order chi connectivity index (χ0) is 22.4. The molecule has 1 aliphatic heterocycles. The van der Waals surface area contributed by atoms with Crippen LogP contribution in [0, 0.1) is 30.5 Å². The van der Waals surface area contributed by atoms with Gasteiger partial charge in [-0.25, -0.2) is 15.0 Å². The monoisotopic (exact) mass is 438 g/mol. The van der Waals surface area contributed by atoms with E-state index in [1.807, 2.05) is 0 Å². The molecule has 0 bridgehead atoms. The molecule has 0 unspecified atom stereocenters. The molecule has 2 heterocycles. The number of hydroxylamine groups is 2. The zero-order valence-corrected chi connectivity index (χ0v) is 17.8. The van der Waals surface area contributed by atoms with Gasteiger partial charge in [0.1, 0.15) is 5.82 Å². The number of rotatable bonds is 10. The Bertz CT molecular complexity index is 776. The first-order valence-corrected chi connectivity index (χ1v) is 10.8. The van der Waals surface area contributed by atoms with Crippen molar-refractivity contribution in [2.24, 2.45) is 17.8 Å². The van der Waals surface area contributed by atoms with E-state index in [0.29, 0.717) is 36.3 Å². The average molecular weight is 439 g/mol. The van der Waals surface area contributed by atoms with Gasteiger partial charge in [-0.2, -0.15) is 4.39 Å². The number of carbonyl (C=O) groups is 2. The fourth-order valence-corrected chi connectivity index (χ4v) is 4.42. The molecule has 2 amide bonds. The van der Waals surface area contributed by atoms with E-state index in [1.54, 1.807) is 11.8 Å². The van der Waals surface area contributed by atoms with Gasteiger partial charge in [0.15, 0.2) is 11.6 Å². The van der Waals surface area contributed by atoms with Gasteiger partial charge >= 0.3 is 0 Å². The van der Waals surface area contributed by atoms with E-state index < -0.39 is 17.6 Å². The van der Waals surface area contributed by atoms with Crippen molar-refractivity contribution < 1.29 is 24.3 Å². The van der Waals surface area contributed by atoms with Gasteiger partial charge in [0, 0.05) is 25.6 Å². The number of anilines is 2. The second-order valence-corrected chi connectivity index (χ2v) is 8.47. The van der Waals surface area contributed by atoms with Gasteiger partial charge in [-0.3, -0.25) is 25.6 Å². The molecule has 2 fully saturated rings. The van der Waals surface area contributed by atoms with Gasteiger partial charge in [0.05, 0.1) is 12.5 Å². The number of amides is 2. The topological polar surface area (TPSA) is 131 Å². The van der Waals surface area contributed by atoms with Crippen LogP contribution in [0.1, 0.15) is 44.3 Å². The van der Waals surface area contributed by atoms with Crippen molar-refractivity contribution >= 4 is 24.0 Å². The normalized spacial score (nSPS) is 20.0. The van der Waals surface area contributed by atoms with Crippen LogP contribution in [0.3, 0.4) is 0 Å². The van der Waals surface area contributed by atoms with Crippen molar-refractivity contribution in [1.82, 2.24) is 20.5 Å². The van der Waals surface area contributed by atoms with Crippen molar-refractivity contribution in [3.63, 3.8) is 0 Å². The van der Waals surface area contributed by atoms with Gasteiger partial charge in [-0.05, 0) is 25.7 Å². The predicted octanol–water partition coefficient (Wildman–Crippen LogP) is 1.23. The number of hydrogen-bond acceptors (Lipinski definition) is 8. The Morgan fingerprint density at radius 1 is 1.32 bits per heavy atom. The molecule has 3 rings (SSSR count). The molecule has 11 heteroatoms. The highest BCUT2D eigenvalue weighted by Crippen LogP contribution is 2.31. The first-order valence-electron chi connectivity index (χ1n) is 10.8. The van der Waals surface area contributed by atoms with Crippen LogP contribution in [0.5, 0.6) is 0 Å². The predicted molar refractivity (Wildman–Crippen MR) is 111 cm³/mol. The number of nitrogens with zero attached hydrogens (tertiary/aromatic N) is 4. The van der Waals surface area contributed by atoms with Crippen LogP contribution < -0.4 is 15.8 Å². The highest BCUT2D eigenvalue weighted by atomic mass is 19.1. The van der Waals surface area contributed by atoms with Gasteiger partial charge in [0.25, 0.3) is 0 Å². The minimum Gasteiger partial charge on any atom is -0.396 e. The molecule has 0 radical (unpaired) electrons. The lowest BCUT2D eigenvalue weighted by atomic mass is 9.92. The minimum atomic E-state index is -0.687. The first-order chi connectivity index (χ1) is 14.9. The Labute approximate surface area is 180 Å². The second kappa shape index (κ2) is 10.7. The molecule has 2 atom stereocenters. The number of nitrogens with one attached hydrogen (secondary N) is 2. The number of hydrazine groups is 1. The maximum Gasteiger partial charge on any atom is 0.243 e. The molecular formula is C20H31FN6O4. The molecule has 1 aliphatic carbocycles. The van der Waals surface area contributed by atoms with Crippen molar-refractivity contribution in [1.29, 1.82) is 0 Å². The zero-order valence-electron chi connectivity index (χ0n) is 17.8. The molecule has 172 valence electrons. The third-order valence-corrected chi connectivity index (χ3v) is 6.09. The molecule has 0 aromatic carbocycles. The molecule has 4 N–H and O–H groups in total. The summed E-state index contributed by atoms with van der Waals surface area (Å²) in [7, 11) is 0. The van der Waals surface area contributed by atoms with Crippen LogP contribution in [-0.4, -0.2) is 63.9 Å². The summed E-state index contributed by atoms with van der Waals surface area (Å²) in [5, 5.41) is 19.4. The van der Waals surface area contributed by atoms with E-state index in [4.69, 9.17) is 0 Å². The summed E-state index contributed by atoms with van der Waals surface area (Å²) in [5.41, 5.74) is 5.03. The van der Waals surface area contributed by atoms with E-state index in [9.17, 15) is 19.9 Å². The van der Waals surface area contributed by atoms with Crippen LogP contribution >= 0.6 is 0 Å². The van der Waals surface area contributed by atoms with E-state index in [0.717, 1.165) is 32.1 Å². The maximum atomic E-state index is 15.0. The number of carbonyl (C=O) groups excluding carboxylic acids is 2. The van der Waals surface area contributed by atoms with E-state index >= 15 is 4.39 Å². The Kier molecular flexibility index (Phi) is 7.97. The second-order valence-electron chi connectivity index (χ2n) is 8.47. The minimum absolute atomic E-state index is 0.0361. The number of aliphatic hydroxyl groups excluding tert-OH is 1. The molecule has 1 saturated heterocycles. The Hall–Kier alpha value is -2.53. The first kappa shape index (κ1) is 23.1.